The molecule has 0 aliphatic heterocycles. The van der Waals surface area contributed by atoms with E-state index in [1.807, 2.05) is 68.0 Å². The van der Waals surface area contributed by atoms with E-state index in [0.29, 0.717) is 19.6 Å². The van der Waals surface area contributed by atoms with Gasteiger partial charge in [-0.1, -0.05) is 30.3 Å². The molecule has 124 valence electrons. The summed E-state index contributed by atoms with van der Waals surface area (Å²) in [5.74, 6) is 0.0723. The summed E-state index contributed by atoms with van der Waals surface area (Å²) in [4.78, 5) is 16.5. The second-order valence-corrected chi connectivity index (χ2v) is 7.62. The van der Waals surface area contributed by atoms with Crippen molar-refractivity contribution >= 4 is 5.91 Å². The number of nitrogens with zero attached hydrogens (tertiary/aromatic N) is 2. The number of benzene rings is 1. The Morgan fingerprint density at radius 3 is 2.09 bits per heavy atom. The molecule has 0 fully saturated rings. The lowest BCUT2D eigenvalue weighted by Crippen LogP contribution is -2.50. The van der Waals surface area contributed by atoms with Crippen LogP contribution in [-0.2, 0) is 11.3 Å². The quantitative estimate of drug-likeness (QED) is 0.878. The largest absolute Gasteiger partial charge is 0.389 e. The molecule has 0 bridgehead atoms. The molecule has 0 radical (unpaired) electrons. The molecule has 1 aromatic rings. The molecular formula is C18H30N2O2. The minimum absolute atomic E-state index is 0.0723. The van der Waals surface area contributed by atoms with Gasteiger partial charge in [0.15, 0.2) is 0 Å². The summed E-state index contributed by atoms with van der Waals surface area (Å²) in [6.45, 7) is 11.0. The molecule has 0 spiro atoms. The van der Waals surface area contributed by atoms with E-state index in [1.54, 1.807) is 13.8 Å². The third-order valence-electron chi connectivity index (χ3n) is 3.36. The topological polar surface area (TPSA) is 43.8 Å². The fourth-order valence-electron chi connectivity index (χ4n) is 2.50. The maximum atomic E-state index is 12.7. The Morgan fingerprint density at radius 2 is 1.64 bits per heavy atom. The number of carbonyl (C=O) groups is 1. The van der Waals surface area contributed by atoms with Crippen molar-refractivity contribution < 1.29 is 9.90 Å². The Kier molecular flexibility index (Phi) is 6.15. The van der Waals surface area contributed by atoms with Gasteiger partial charge in [-0.15, -0.1) is 0 Å². The van der Waals surface area contributed by atoms with Crippen LogP contribution >= 0.6 is 0 Å². The molecule has 0 aromatic heterocycles. The van der Waals surface area contributed by atoms with Gasteiger partial charge >= 0.3 is 0 Å². The molecule has 0 aliphatic carbocycles. The molecule has 1 rings (SSSR count). The molecule has 0 unspecified atom stereocenters. The lowest BCUT2D eigenvalue weighted by Gasteiger charge is -2.37. The second kappa shape index (κ2) is 7.25. The molecule has 1 N–H and O–H groups in total. The van der Waals surface area contributed by atoms with Gasteiger partial charge in [-0.25, -0.2) is 0 Å². The molecule has 4 nitrogen and oxygen atoms in total. The maximum Gasteiger partial charge on any atom is 0.237 e. The van der Waals surface area contributed by atoms with Crippen LogP contribution in [0.25, 0.3) is 0 Å². The Balaban J connectivity index is 2.78. The van der Waals surface area contributed by atoms with Crippen LogP contribution in [0.3, 0.4) is 0 Å². The zero-order chi connectivity index (χ0) is 17.0. The number of likely N-dealkylation sites (N-methyl/N-ethyl adjacent to an activating group) is 1. The van der Waals surface area contributed by atoms with Crippen molar-refractivity contribution in [1.29, 1.82) is 0 Å². The van der Waals surface area contributed by atoms with E-state index in [4.69, 9.17) is 0 Å². The standard InChI is InChI=1S/C18H30N2O2/c1-17(2,3)20(12-15-10-8-7-9-11-15)16(21)13-19(6)14-18(4,5)22/h7-11,22H,12-14H2,1-6H3. The number of amides is 1. The zero-order valence-electron chi connectivity index (χ0n) is 14.8. The van der Waals surface area contributed by atoms with E-state index < -0.39 is 5.60 Å². The predicted molar refractivity (Wildman–Crippen MR) is 90.5 cm³/mol. The average Bonchev–Trinajstić information content (AvgIpc) is 2.33. The van der Waals surface area contributed by atoms with Crippen molar-refractivity contribution in [3.63, 3.8) is 0 Å². The minimum Gasteiger partial charge on any atom is -0.389 e. The van der Waals surface area contributed by atoms with Gasteiger partial charge in [0.1, 0.15) is 0 Å². The Bertz CT molecular complexity index is 472. The van der Waals surface area contributed by atoms with Crippen LogP contribution in [0, 0.1) is 0 Å². The fourth-order valence-corrected chi connectivity index (χ4v) is 2.50. The summed E-state index contributed by atoms with van der Waals surface area (Å²) < 4.78 is 0. The van der Waals surface area contributed by atoms with Gasteiger partial charge in [0, 0.05) is 18.6 Å². The number of rotatable bonds is 6. The Morgan fingerprint density at radius 1 is 1.09 bits per heavy atom. The van der Waals surface area contributed by atoms with Crippen molar-refractivity contribution in [3.8, 4) is 0 Å². The third-order valence-corrected chi connectivity index (χ3v) is 3.36. The predicted octanol–water partition coefficient (Wildman–Crippen LogP) is 2.52. The molecule has 0 saturated carbocycles. The van der Waals surface area contributed by atoms with Crippen LogP contribution in [-0.4, -0.2) is 52.1 Å². The van der Waals surface area contributed by atoms with Crippen molar-refractivity contribution in [1.82, 2.24) is 9.80 Å². The molecular weight excluding hydrogens is 276 g/mol. The molecule has 0 aliphatic rings. The van der Waals surface area contributed by atoms with E-state index in [-0.39, 0.29) is 11.4 Å². The molecule has 1 amide bonds. The third kappa shape index (κ3) is 6.58. The first-order valence-corrected chi connectivity index (χ1v) is 7.74. The maximum absolute atomic E-state index is 12.7. The summed E-state index contributed by atoms with van der Waals surface area (Å²) in [7, 11) is 1.86. The average molecular weight is 306 g/mol. The lowest BCUT2D eigenvalue weighted by molar-refractivity contribution is -0.138. The van der Waals surface area contributed by atoms with Crippen LogP contribution in [0.5, 0.6) is 0 Å². The van der Waals surface area contributed by atoms with Crippen molar-refractivity contribution in [2.75, 3.05) is 20.1 Å². The van der Waals surface area contributed by atoms with Crippen LogP contribution < -0.4 is 0 Å². The molecule has 0 heterocycles. The lowest BCUT2D eigenvalue weighted by atomic mass is 10.0. The zero-order valence-corrected chi connectivity index (χ0v) is 14.8. The van der Waals surface area contributed by atoms with Gasteiger partial charge in [0.25, 0.3) is 0 Å². The molecule has 22 heavy (non-hydrogen) atoms. The first kappa shape index (κ1) is 18.7. The monoisotopic (exact) mass is 306 g/mol. The van der Waals surface area contributed by atoms with Gasteiger partial charge in [-0.2, -0.15) is 0 Å². The summed E-state index contributed by atoms with van der Waals surface area (Å²) >= 11 is 0. The van der Waals surface area contributed by atoms with Gasteiger partial charge < -0.3 is 10.0 Å². The van der Waals surface area contributed by atoms with Crippen LogP contribution in [0.4, 0.5) is 0 Å². The van der Waals surface area contributed by atoms with E-state index in [9.17, 15) is 9.90 Å². The second-order valence-electron chi connectivity index (χ2n) is 7.62. The number of hydrogen-bond donors (Lipinski definition) is 1. The highest BCUT2D eigenvalue weighted by molar-refractivity contribution is 5.79. The molecule has 1 aromatic carbocycles. The van der Waals surface area contributed by atoms with E-state index >= 15 is 0 Å². The van der Waals surface area contributed by atoms with Crippen LogP contribution in [0.1, 0.15) is 40.2 Å². The summed E-state index contributed by atoms with van der Waals surface area (Å²) in [6.07, 6.45) is 0. The van der Waals surface area contributed by atoms with Gasteiger partial charge in [0.05, 0.1) is 12.1 Å². The SMILES string of the molecule is CN(CC(=O)N(Cc1ccccc1)C(C)(C)C)CC(C)(C)O. The molecule has 4 heteroatoms. The van der Waals surface area contributed by atoms with E-state index in [1.165, 1.54) is 0 Å². The molecule has 0 saturated heterocycles. The van der Waals surface area contributed by atoms with E-state index in [0.717, 1.165) is 5.56 Å². The highest BCUT2D eigenvalue weighted by Gasteiger charge is 2.28. The van der Waals surface area contributed by atoms with Crippen LogP contribution in [0.2, 0.25) is 0 Å². The van der Waals surface area contributed by atoms with Crippen molar-refractivity contribution in [2.24, 2.45) is 0 Å². The molecule has 0 atom stereocenters. The number of aliphatic hydroxyl groups is 1. The first-order chi connectivity index (χ1) is 9.99. The van der Waals surface area contributed by atoms with Crippen LogP contribution in [0.15, 0.2) is 30.3 Å². The van der Waals surface area contributed by atoms with Gasteiger partial charge in [-0.3, -0.25) is 9.69 Å². The first-order valence-electron chi connectivity index (χ1n) is 7.74. The normalized spacial score (nSPS) is 12.5. The summed E-state index contributed by atoms with van der Waals surface area (Å²) in [5.41, 5.74) is 0.0692. The van der Waals surface area contributed by atoms with E-state index in [2.05, 4.69) is 0 Å². The number of carbonyl (C=O) groups excluding carboxylic acids is 1. The fraction of sp³-hybridized carbons (Fsp3) is 0.611. The highest BCUT2D eigenvalue weighted by atomic mass is 16.3. The number of hydrogen-bond acceptors (Lipinski definition) is 3. The van der Waals surface area contributed by atoms with Gasteiger partial charge in [0.2, 0.25) is 5.91 Å². The Labute approximate surface area is 134 Å². The highest BCUT2D eigenvalue weighted by Crippen LogP contribution is 2.18. The van der Waals surface area contributed by atoms with Gasteiger partial charge in [-0.05, 0) is 47.2 Å². The van der Waals surface area contributed by atoms with Crippen molar-refractivity contribution in [3.05, 3.63) is 35.9 Å². The van der Waals surface area contributed by atoms with Crippen molar-refractivity contribution in [2.45, 2.75) is 52.3 Å². The minimum atomic E-state index is -0.805. The smallest absolute Gasteiger partial charge is 0.237 e. The summed E-state index contributed by atoms with van der Waals surface area (Å²) in [6, 6.07) is 10.0. The Hall–Kier alpha value is -1.39. The summed E-state index contributed by atoms with van der Waals surface area (Å²) in [5, 5.41) is 9.87.